The third-order valence-corrected chi connectivity index (χ3v) is 3.47. The average Bonchev–Trinajstić information content (AvgIpc) is 2.65. The van der Waals surface area contributed by atoms with E-state index in [1.54, 1.807) is 13.3 Å². The summed E-state index contributed by atoms with van der Waals surface area (Å²) in [6.07, 6.45) is 1.74. The predicted octanol–water partition coefficient (Wildman–Crippen LogP) is 2.74. The SMILES string of the molecule is CCNC(=NCc1ccnc(OCC)c1)NCc1ccc(OC)cc1. The second kappa shape index (κ2) is 10.2. The Bertz CT molecular complexity index is 671. The fraction of sp³-hybridized carbons (Fsp3) is 0.368. The number of benzene rings is 1. The Labute approximate surface area is 149 Å². The zero-order valence-electron chi connectivity index (χ0n) is 15.1. The number of nitrogens with one attached hydrogen (secondary N) is 2. The van der Waals surface area contributed by atoms with E-state index in [0.717, 1.165) is 29.4 Å². The molecule has 2 rings (SSSR count). The molecular weight excluding hydrogens is 316 g/mol. The summed E-state index contributed by atoms with van der Waals surface area (Å²) in [5, 5.41) is 6.59. The second-order valence-electron chi connectivity index (χ2n) is 5.33. The van der Waals surface area contributed by atoms with E-state index in [0.29, 0.717) is 25.6 Å². The predicted molar refractivity (Wildman–Crippen MR) is 100 cm³/mol. The lowest BCUT2D eigenvalue weighted by Gasteiger charge is -2.12. The summed E-state index contributed by atoms with van der Waals surface area (Å²) < 4.78 is 10.6. The van der Waals surface area contributed by atoms with Gasteiger partial charge in [-0.1, -0.05) is 12.1 Å². The number of methoxy groups -OCH3 is 1. The quantitative estimate of drug-likeness (QED) is 0.570. The van der Waals surface area contributed by atoms with E-state index in [1.807, 2.05) is 50.2 Å². The third-order valence-electron chi connectivity index (χ3n) is 3.47. The van der Waals surface area contributed by atoms with Gasteiger partial charge in [-0.05, 0) is 43.2 Å². The maximum Gasteiger partial charge on any atom is 0.213 e. The fourth-order valence-electron chi connectivity index (χ4n) is 2.22. The van der Waals surface area contributed by atoms with Crippen LogP contribution in [0.2, 0.25) is 0 Å². The Morgan fingerprint density at radius 2 is 1.88 bits per heavy atom. The molecule has 25 heavy (non-hydrogen) atoms. The first-order chi connectivity index (χ1) is 12.2. The molecule has 6 heteroatoms. The van der Waals surface area contributed by atoms with E-state index in [4.69, 9.17) is 9.47 Å². The van der Waals surface area contributed by atoms with Gasteiger partial charge in [-0.3, -0.25) is 0 Å². The summed E-state index contributed by atoms with van der Waals surface area (Å²) >= 11 is 0. The monoisotopic (exact) mass is 342 g/mol. The number of hydrogen-bond donors (Lipinski definition) is 2. The van der Waals surface area contributed by atoms with Crippen molar-refractivity contribution in [2.75, 3.05) is 20.3 Å². The van der Waals surface area contributed by atoms with Crippen molar-refractivity contribution >= 4 is 5.96 Å². The summed E-state index contributed by atoms with van der Waals surface area (Å²) in [4.78, 5) is 8.79. The Hall–Kier alpha value is -2.76. The smallest absolute Gasteiger partial charge is 0.213 e. The largest absolute Gasteiger partial charge is 0.497 e. The molecule has 0 aliphatic carbocycles. The summed E-state index contributed by atoms with van der Waals surface area (Å²) in [7, 11) is 1.67. The lowest BCUT2D eigenvalue weighted by Crippen LogP contribution is -2.36. The van der Waals surface area contributed by atoms with E-state index in [1.165, 1.54) is 0 Å². The number of rotatable bonds is 8. The van der Waals surface area contributed by atoms with Crippen molar-refractivity contribution in [2.45, 2.75) is 26.9 Å². The van der Waals surface area contributed by atoms with Crippen LogP contribution >= 0.6 is 0 Å². The highest BCUT2D eigenvalue weighted by molar-refractivity contribution is 5.79. The van der Waals surface area contributed by atoms with Gasteiger partial charge < -0.3 is 20.1 Å². The second-order valence-corrected chi connectivity index (χ2v) is 5.33. The standard InChI is InChI=1S/C19H26N4O2/c1-4-20-19(22-13-15-6-8-17(24-3)9-7-15)23-14-16-10-11-21-18(12-16)25-5-2/h6-12H,4-5,13-14H2,1-3H3,(H2,20,22,23). The van der Waals surface area contributed by atoms with Gasteiger partial charge in [-0.15, -0.1) is 0 Å². The molecular formula is C19H26N4O2. The Morgan fingerprint density at radius 3 is 2.56 bits per heavy atom. The molecule has 134 valence electrons. The van der Waals surface area contributed by atoms with E-state index in [-0.39, 0.29) is 0 Å². The van der Waals surface area contributed by atoms with E-state index >= 15 is 0 Å². The molecule has 0 spiro atoms. The number of ether oxygens (including phenoxy) is 2. The molecule has 0 bridgehead atoms. The number of aromatic nitrogens is 1. The van der Waals surface area contributed by atoms with Crippen LogP contribution in [0.4, 0.5) is 0 Å². The van der Waals surface area contributed by atoms with Crippen molar-refractivity contribution in [3.63, 3.8) is 0 Å². The molecule has 0 unspecified atom stereocenters. The Kier molecular flexibility index (Phi) is 7.56. The minimum absolute atomic E-state index is 0.556. The first-order valence-electron chi connectivity index (χ1n) is 8.48. The number of guanidine groups is 1. The van der Waals surface area contributed by atoms with Gasteiger partial charge >= 0.3 is 0 Å². The maximum atomic E-state index is 5.42. The number of pyridine rings is 1. The van der Waals surface area contributed by atoms with Crippen LogP contribution in [0.5, 0.6) is 11.6 Å². The minimum Gasteiger partial charge on any atom is -0.497 e. The van der Waals surface area contributed by atoms with Crippen molar-refractivity contribution < 1.29 is 9.47 Å². The Morgan fingerprint density at radius 1 is 1.08 bits per heavy atom. The van der Waals surface area contributed by atoms with Crippen LogP contribution in [0.3, 0.4) is 0 Å². The summed E-state index contributed by atoms with van der Waals surface area (Å²) in [6.45, 7) is 6.64. The van der Waals surface area contributed by atoms with E-state index in [2.05, 4.69) is 20.6 Å². The molecule has 6 nitrogen and oxygen atoms in total. The van der Waals surface area contributed by atoms with Gasteiger partial charge in [-0.25, -0.2) is 9.98 Å². The minimum atomic E-state index is 0.556. The number of hydrogen-bond acceptors (Lipinski definition) is 4. The Balaban J connectivity index is 1.96. The van der Waals surface area contributed by atoms with Gasteiger partial charge in [0.05, 0.1) is 20.3 Å². The fourth-order valence-corrected chi connectivity index (χ4v) is 2.22. The van der Waals surface area contributed by atoms with Crippen LogP contribution in [0, 0.1) is 0 Å². The lowest BCUT2D eigenvalue weighted by molar-refractivity contribution is 0.326. The van der Waals surface area contributed by atoms with Crippen molar-refractivity contribution in [3.05, 3.63) is 53.7 Å². The van der Waals surface area contributed by atoms with Crippen LogP contribution in [0.15, 0.2) is 47.6 Å². The lowest BCUT2D eigenvalue weighted by atomic mass is 10.2. The molecule has 1 aromatic heterocycles. The van der Waals surface area contributed by atoms with Crippen LogP contribution in [-0.2, 0) is 13.1 Å². The third kappa shape index (κ3) is 6.33. The molecule has 0 radical (unpaired) electrons. The molecule has 1 aromatic carbocycles. The molecule has 0 saturated carbocycles. The van der Waals surface area contributed by atoms with Crippen LogP contribution in [0.1, 0.15) is 25.0 Å². The molecule has 0 atom stereocenters. The molecule has 2 N–H and O–H groups in total. The highest BCUT2D eigenvalue weighted by atomic mass is 16.5. The first kappa shape index (κ1) is 18.6. The van der Waals surface area contributed by atoms with Crippen LogP contribution in [0.25, 0.3) is 0 Å². The maximum absolute atomic E-state index is 5.42. The molecule has 0 aliphatic heterocycles. The van der Waals surface area contributed by atoms with Crippen LogP contribution in [-0.4, -0.2) is 31.2 Å². The van der Waals surface area contributed by atoms with Crippen molar-refractivity contribution in [3.8, 4) is 11.6 Å². The van der Waals surface area contributed by atoms with Gasteiger partial charge in [0.1, 0.15) is 5.75 Å². The van der Waals surface area contributed by atoms with Gasteiger partial charge in [0.15, 0.2) is 5.96 Å². The van der Waals surface area contributed by atoms with Gasteiger partial charge in [-0.2, -0.15) is 0 Å². The average molecular weight is 342 g/mol. The summed E-state index contributed by atoms with van der Waals surface area (Å²) in [5.74, 6) is 2.26. The zero-order chi connectivity index (χ0) is 17.9. The van der Waals surface area contributed by atoms with E-state index < -0.39 is 0 Å². The number of aliphatic imine (C=N–C) groups is 1. The van der Waals surface area contributed by atoms with Gasteiger partial charge in [0.25, 0.3) is 0 Å². The molecule has 0 saturated heterocycles. The molecule has 1 heterocycles. The molecule has 0 aliphatic rings. The highest BCUT2D eigenvalue weighted by Crippen LogP contribution is 2.11. The van der Waals surface area contributed by atoms with E-state index in [9.17, 15) is 0 Å². The molecule has 0 fully saturated rings. The molecule has 0 amide bonds. The van der Waals surface area contributed by atoms with Gasteiger partial charge in [0.2, 0.25) is 5.88 Å². The molecule has 2 aromatic rings. The topological polar surface area (TPSA) is 67.8 Å². The highest BCUT2D eigenvalue weighted by Gasteiger charge is 2.01. The van der Waals surface area contributed by atoms with Crippen molar-refractivity contribution in [1.82, 2.24) is 15.6 Å². The van der Waals surface area contributed by atoms with Crippen LogP contribution < -0.4 is 20.1 Å². The normalized spacial score (nSPS) is 11.1. The van der Waals surface area contributed by atoms with Crippen molar-refractivity contribution in [2.24, 2.45) is 4.99 Å². The first-order valence-corrected chi connectivity index (χ1v) is 8.48. The summed E-state index contributed by atoms with van der Waals surface area (Å²) in [5.41, 5.74) is 2.22. The number of nitrogens with zero attached hydrogens (tertiary/aromatic N) is 2. The summed E-state index contributed by atoms with van der Waals surface area (Å²) in [6, 6.07) is 11.8. The zero-order valence-corrected chi connectivity index (χ0v) is 15.1. The van der Waals surface area contributed by atoms with Crippen molar-refractivity contribution in [1.29, 1.82) is 0 Å². The van der Waals surface area contributed by atoms with Gasteiger partial charge in [0, 0.05) is 25.4 Å².